The Labute approximate surface area is 123 Å². The molecule has 0 bridgehead atoms. The Bertz CT molecular complexity index is 303. The first-order chi connectivity index (χ1) is 9.58. The number of rotatable bonds is 7. The van der Waals surface area contributed by atoms with Crippen molar-refractivity contribution in [2.75, 3.05) is 6.61 Å². The third-order valence-electron chi connectivity index (χ3n) is 4.96. The van der Waals surface area contributed by atoms with Crippen LogP contribution in [0.5, 0.6) is 0 Å². The first-order valence-electron chi connectivity index (χ1n) is 8.40. The summed E-state index contributed by atoms with van der Waals surface area (Å²) in [5.74, 6) is 1.62. The number of carbonyl (C=O) groups excluding carboxylic acids is 1. The van der Waals surface area contributed by atoms with Crippen molar-refractivity contribution in [2.45, 2.75) is 77.9 Å². The van der Waals surface area contributed by atoms with Crippen LogP contribution in [0.4, 0.5) is 0 Å². The van der Waals surface area contributed by atoms with Crippen LogP contribution in [0.2, 0.25) is 0 Å². The van der Waals surface area contributed by atoms with Gasteiger partial charge in [0.25, 0.3) is 0 Å². The van der Waals surface area contributed by atoms with Gasteiger partial charge in [0, 0.05) is 0 Å². The second-order valence-electron chi connectivity index (χ2n) is 6.87. The van der Waals surface area contributed by atoms with Crippen molar-refractivity contribution in [2.24, 2.45) is 17.8 Å². The molecule has 0 aromatic rings. The van der Waals surface area contributed by atoms with E-state index in [9.17, 15) is 4.79 Å². The summed E-state index contributed by atoms with van der Waals surface area (Å²) >= 11 is 0. The molecule has 0 aromatic carbocycles. The number of hydrogen-bond acceptors (Lipinski definition) is 3. The minimum absolute atomic E-state index is 0.0282. The molecular formula is C17H30O3. The summed E-state index contributed by atoms with van der Waals surface area (Å²) in [6, 6.07) is 0. The fraction of sp³-hybridized carbons (Fsp3) is 0.941. The Hall–Kier alpha value is -0.570. The van der Waals surface area contributed by atoms with Crippen LogP contribution in [0.25, 0.3) is 0 Å². The van der Waals surface area contributed by atoms with Gasteiger partial charge in [-0.1, -0.05) is 39.5 Å². The molecular weight excluding hydrogens is 252 g/mol. The van der Waals surface area contributed by atoms with E-state index in [-0.39, 0.29) is 18.0 Å². The van der Waals surface area contributed by atoms with Crippen molar-refractivity contribution in [3.63, 3.8) is 0 Å². The number of epoxide rings is 1. The summed E-state index contributed by atoms with van der Waals surface area (Å²) < 4.78 is 10.9. The molecule has 20 heavy (non-hydrogen) atoms. The lowest BCUT2D eigenvalue weighted by atomic mass is 9.78. The predicted molar refractivity (Wildman–Crippen MR) is 79.4 cm³/mol. The van der Waals surface area contributed by atoms with Crippen molar-refractivity contribution in [3.8, 4) is 0 Å². The maximum Gasteiger partial charge on any atom is 0.308 e. The van der Waals surface area contributed by atoms with Crippen molar-refractivity contribution < 1.29 is 14.3 Å². The highest BCUT2D eigenvalue weighted by molar-refractivity contribution is 5.72. The quantitative estimate of drug-likeness (QED) is 0.524. The van der Waals surface area contributed by atoms with E-state index < -0.39 is 0 Å². The SMILES string of the molecule is CCC(C)C(=O)OC(C)CC1CCC(CC2CO2)CC1. The summed E-state index contributed by atoms with van der Waals surface area (Å²) in [5, 5.41) is 0. The lowest BCUT2D eigenvalue weighted by molar-refractivity contribution is -0.153. The van der Waals surface area contributed by atoms with Crippen LogP contribution in [0, 0.1) is 17.8 Å². The van der Waals surface area contributed by atoms with Gasteiger partial charge in [-0.25, -0.2) is 0 Å². The van der Waals surface area contributed by atoms with Crippen molar-refractivity contribution >= 4 is 5.97 Å². The molecule has 0 N–H and O–H groups in total. The second kappa shape index (κ2) is 7.44. The summed E-state index contributed by atoms with van der Waals surface area (Å²) in [6.45, 7) is 7.01. The molecule has 3 atom stereocenters. The Balaban J connectivity index is 1.62. The van der Waals surface area contributed by atoms with E-state index in [4.69, 9.17) is 9.47 Å². The summed E-state index contributed by atoms with van der Waals surface area (Å²) in [5.41, 5.74) is 0. The normalized spacial score (nSPS) is 32.5. The molecule has 0 radical (unpaired) electrons. The van der Waals surface area contributed by atoms with Crippen LogP contribution in [0.1, 0.15) is 65.7 Å². The zero-order chi connectivity index (χ0) is 14.5. The summed E-state index contributed by atoms with van der Waals surface area (Å²) in [4.78, 5) is 11.8. The maximum atomic E-state index is 11.8. The smallest absolute Gasteiger partial charge is 0.308 e. The average molecular weight is 282 g/mol. The van der Waals surface area contributed by atoms with Crippen LogP contribution in [0.3, 0.4) is 0 Å². The molecule has 3 nitrogen and oxygen atoms in total. The maximum absolute atomic E-state index is 11.8. The Morgan fingerprint density at radius 2 is 1.80 bits per heavy atom. The van der Waals surface area contributed by atoms with E-state index in [0.29, 0.717) is 6.10 Å². The van der Waals surface area contributed by atoms with Crippen LogP contribution in [-0.2, 0) is 14.3 Å². The van der Waals surface area contributed by atoms with Gasteiger partial charge in [0.1, 0.15) is 0 Å². The lowest BCUT2D eigenvalue weighted by Crippen LogP contribution is -2.24. The van der Waals surface area contributed by atoms with Crippen molar-refractivity contribution in [1.29, 1.82) is 0 Å². The lowest BCUT2D eigenvalue weighted by Gasteiger charge is -2.30. The molecule has 116 valence electrons. The standard InChI is InChI=1S/C17H30O3/c1-4-12(2)17(18)20-13(3)9-14-5-7-15(8-6-14)10-16-11-19-16/h12-16H,4-11H2,1-3H3. The topological polar surface area (TPSA) is 38.8 Å². The van der Waals surface area contributed by atoms with Crippen LogP contribution in [0.15, 0.2) is 0 Å². The van der Waals surface area contributed by atoms with Crippen LogP contribution >= 0.6 is 0 Å². The number of ether oxygens (including phenoxy) is 2. The molecule has 1 saturated carbocycles. The van der Waals surface area contributed by atoms with Crippen molar-refractivity contribution in [3.05, 3.63) is 0 Å². The zero-order valence-corrected chi connectivity index (χ0v) is 13.3. The molecule has 0 aromatic heterocycles. The Morgan fingerprint density at radius 3 is 2.35 bits per heavy atom. The molecule has 1 aliphatic heterocycles. The molecule has 2 rings (SSSR count). The molecule has 1 saturated heterocycles. The molecule has 0 amide bonds. The minimum Gasteiger partial charge on any atom is -0.462 e. The van der Waals surface area contributed by atoms with Crippen molar-refractivity contribution in [1.82, 2.24) is 0 Å². The van der Waals surface area contributed by atoms with Gasteiger partial charge in [-0.3, -0.25) is 4.79 Å². The third-order valence-corrected chi connectivity index (χ3v) is 4.96. The fourth-order valence-corrected chi connectivity index (χ4v) is 3.28. The second-order valence-corrected chi connectivity index (χ2v) is 6.87. The largest absolute Gasteiger partial charge is 0.462 e. The van der Waals surface area contributed by atoms with E-state index in [1.165, 1.54) is 32.1 Å². The molecule has 1 aliphatic carbocycles. The van der Waals surface area contributed by atoms with Gasteiger partial charge in [0.05, 0.1) is 24.7 Å². The molecule has 0 spiro atoms. The van der Waals surface area contributed by atoms with Crippen LogP contribution in [-0.4, -0.2) is 24.8 Å². The number of esters is 1. The third kappa shape index (κ3) is 5.08. The van der Waals surface area contributed by atoms with Gasteiger partial charge in [-0.05, 0) is 38.0 Å². The first-order valence-corrected chi connectivity index (χ1v) is 8.40. The monoisotopic (exact) mass is 282 g/mol. The van der Waals surface area contributed by atoms with E-state index >= 15 is 0 Å². The Morgan fingerprint density at radius 1 is 1.20 bits per heavy atom. The van der Waals surface area contributed by atoms with Gasteiger partial charge in [0.2, 0.25) is 0 Å². The zero-order valence-electron chi connectivity index (χ0n) is 13.3. The van der Waals surface area contributed by atoms with E-state index in [2.05, 4.69) is 0 Å². The number of carbonyl (C=O) groups is 1. The van der Waals surface area contributed by atoms with Gasteiger partial charge in [-0.2, -0.15) is 0 Å². The summed E-state index contributed by atoms with van der Waals surface area (Å²) in [6.07, 6.45) is 9.06. The highest BCUT2D eigenvalue weighted by Crippen LogP contribution is 2.36. The highest BCUT2D eigenvalue weighted by atomic mass is 16.6. The van der Waals surface area contributed by atoms with E-state index in [1.54, 1.807) is 0 Å². The highest BCUT2D eigenvalue weighted by Gasteiger charge is 2.30. The molecule has 2 aliphatic rings. The summed E-state index contributed by atoms with van der Waals surface area (Å²) in [7, 11) is 0. The van der Waals surface area contributed by atoms with E-state index in [1.807, 2.05) is 20.8 Å². The van der Waals surface area contributed by atoms with Crippen LogP contribution < -0.4 is 0 Å². The van der Waals surface area contributed by atoms with Gasteiger partial charge in [-0.15, -0.1) is 0 Å². The molecule has 2 fully saturated rings. The molecule has 3 heteroatoms. The fourth-order valence-electron chi connectivity index (χ4n) is 3.28. The average Bonchev–Trinajstić information content (AvgIpc) is 3.24. The van der Waals surface area contributed by atoms with Gasteiger partial charge < -0.3 is 9.47 Å². The minimum atomic E-state index is -0.0282. The Kier molecular flexibility index (Phi) is 5.88. The van der Waals surface area contributed by atoms with Gasteiger partial charge in [0.15, 0.2) is 0 Å². The molecule has 1 heterocycles. The number of hydrogen-bond donors (Lipinski definition) is 0. The predicted octanol–water partition coefficient (Wildman–Crippen LogP) is 3.95. The first kappa shape index (κ1) is 15.8. The van der Waals surface area contributed by atoms with Gasteiger partial charge >= 0.3 is 5.97 Å². The van der Waals surface area contributed by atoms with E-state index in [0.717, 1.165) is 31.3 Å². The molecule has 3 unspecified atom stereocenters.